The summed E-state index contributed by atoms with van der Waals surface area (Å²) in [4.78, 5) is 17.1. The number of methoxy groups -OCH3 is 1. The fourth-order valence-electron chi connectivity index (χ4n) is 3.65. The Kier molecular flexibility index (Phi) is 7.83. The van der Waals surface area contributed by atoms with Crippen LogP contribution in [0.4, 0.5) is 4.79 Å². The Morgan fingerprint density at radius 2 is 1.75 bits per heavy atom. The number of imidazole rings is 1. The molecular weight excluding hydrogens is 523 g/mol. The number of carbonyl (C=O) groups excluding carboxylic acids is 1. The fraction of sp³-hybridized carbons (Fsp3) is 0.120. The van der Waals surface area contributed by atoms with Gasteiger partial charge in [-0.1, -0.05) is 59.6 Å². The van der Waals surface area contributed by atoms with Crippen LogP contribution in [0.25, 0.3) is 5.69 Å². The molecule has 0 radical (unpaired) electrons. The maximum Gasteiger partial charge on any atom is 0.329 e. The van der Waals surface area contributed by atoms with Gasteiger partial charge in [0.1, 0.15) is 16.5 Å². The topological polar surface area (TPSA) is 102 Å². The number of nitrogens with zero attached hydrogens (tertiary/aromatic N) is 2. The maximum atomic E-state index is 12.9. The molecule has 0 aliphatic rings. The van der Waals surface area contributed by atoms with E-state index in [1.165, 1.54) is 18.2 Å². The molecule has 1 aromatic heterocycles. The van der Waals surface area contributed by atoms with Gasteiger partial charge in [-0.3, -0.25) is 0 Å². The van der Waals surface area contributed by atoms with Crippen molar-refractivity contribution < 1.29 is 17.9 Å². The third kappa shape index (κ3) is 5.81. The van der Waals surface area contributed by atoms with Crippen molar-refractivity contribution in [1.82, 2.24) is 19.6 Å². The SMILES string of the molecule is COc1ccc(-n2ccnc2C(Cc2ccccc2)NC(=O)NS(=O)(=O)c2cccc(Cl)c2Cl)cc1. The second-order valence-electron chi connectivity index (χ2n) is 7.73. The summed E-state index contributed by atoms with van der Waals surface area (Å²) in [5, 5.41) is 2.64. The zero-order valence-corrected chi connectivity index (χ0v) is 21.4. The Hall–Kier alpha value is -3.53. The summed E-state index contributed by atoms with van der Waals surface area (Å²) in [6.45, 7) is 0. The van der Waals surface area contributed by atoms with Gasteiger partial charge < -0.3 is 14.6 Å². The van der Waals surface area contributed by atoms with Crippen LogP contribution in [0, 0.1) is 0 Å². The number of hydrogen-bond acceptors (Lipinski definition) is 5. The smallest absolute Gasteiger partial charge is 0.329 e. The first-order chi connectivity index (χ1) is 17.3. The van der Waals surface area contributed by atoms with E-state index < -0.39 is 22.1 Å². The van der Waals surface area contributed by atoms with Gasteiger partial charge in [-0.2, -0.15) is 0 Å². The Morgan fingerprint density at radius 3 is 2.44 bits per heavy atom. The zero-order chi connectivity index (χ0) is 25.7. The molecule has 11 heteroatoms. The van der Waals surface area contributed by atoms with Gasteiger partial charge >= 0.3 is 6.03 Å². The van der Waals surface area contributed by atoms with E-state index in [1.807, 2.05) is 63.9 Å². The van der Waals surface area contributed by atoms with Crippen molar-refractivity contribution in [2.45, 2.75) is 17.4 Å². The second kappa shape index (κ2) is 11.0. The molecule has 0 bridgehead atoms. The fourth-order valence-corrected chi connectivity index (χ4v) is 5.32. The van der Waals surface area contributed by atoms with Gasteiger partial charge in [-0.25, -0.2) is 22.9 Å². The number of sulfonamides is 1. The highest BCUT2D eigenvalue weighted by Gasteiger charge is 2.26. The number of rotatable bonds is 8. The molecular formula is C25H22Cl2N4O4S. The number of carbonyl (C=O) groups is 1. The van der Waals surface area contributed by atoms with E-state index in [-0.39, 0.29) is 14.9 Å². The van der Waals surface area contributed by atoms with Gasteiger partial charge in [0.2, 0.25) is 0 Å². The van der Waals surface area contributed by atoms with Crippen LogP contribution in [0.15, 0.2) is 90.1 Å². The molecule has 36 heavy (non-hydrogen) atoms. The summed E-state index contributed by atoms with van der Waals surface area (Å²) in [5.41, 5.74) is 1.72. The third-order valence-corrected chi connectivity index (χ3v) is 7.66. The molecule has 186 valence electrons. The molecule has 4 aromatic rings. The van der Waals surface area contributed by atoms with Gasteiger partial charge in [-0.15, -0.1) is 0 Å². The number of ether oxygens (including phenoxy) is 1. The summed E-state index contributed by atoms with van der Waals surface area (Å²) in [7, 11) is -2.71. The summed E-state index contributed by atoms with van der Waals surface area (Å²) < 4.78 is 34.7. The lowest BCUT2D eigenvalue weighted by molar-refractivity contribution is 0.241. The summed E-state index contributed by atoms with van der Waals surface area (Å²) >= 11 is 12.0. The van der Waals surface area contributed by atoms with Gasteiger partial charge in [0.25, 0.3) is 10.0 Å². The van der Waals surface area contributed by atoms with Crippen LogP contribution in [0.3, 0.4) is 0 Å². The minimum Gasteiger partial charge on any atom is -0.497 e. The highest BCUT2D eigenvalue weighted by atomic mass is 35.5. The first-order valence-electron chi connectivity index (χ1n) is 10.8. The van der Waals surface area contributed by atoms with Crippen molar-refractivity contribution in [3.8, 4) is 11.4 Å². The predicted molar refractivity (Wildman–Crippen MR) is 138 cm³/mol. The predicted octanol–water partition coefficient (Wildman–Crippen LogP) is 5.16. The van der Waals surface area contributed by atoms with Crippen molar-refractivity contribution >= 4 is 39.3 Å². The Bertz CT molecular complexity index is 1460. The van der Waals surface area contributed by atoms with Crippen LogP contribution < -0.4 is 14.8 Å². The average Bonchev–Trinajstić information content (AvgIpc) is 3.35. The molecule has 1 heterocycles. The van der Waals surface area contributed by atoms with E-state index >= 15 is 0 Å². The molecule has 2 amide bonds. The molecule has 2 N–H and O–H groups in total. The van der Waals surface area contributed by atoms with Gasteiger partial charge in [0, 0.05) is 18.1 Å². The zero-order valence-electron chi connectivity index (χ0n) is 19.1. The van der Waals surface area contributed by atoms with Crippen molar-refractivity contribution in [2.75, 3.05) is 7.11 Å². The lowest BCUT2D eigenvalue weighted by atomic mass is 10.1. The Balaban J connectivity index is 1.63. The molecule has 0 aliphatic carbocycles. The third-order valence-electron chi connectivity index (χ3n) is 5.35. The molecule has 4 rings (SSSR count). The minimum atomic E-state index is -4.29. The highest BCUT2D eigenvalue weighted by molar-refractivity contribution is 7.90. The minimum absolute atomic E-state index is 0.0587. The highest BCUT2D eigenvalue weighted by Crippen LogP contribution is 2.29. The van der Waals surface area contributed by atoms with E-state index in [1.54, 1.807) is 19.5 Å². The largest absolute Gasteiger partial charge is 0.497 e. The van der Waals surface area contributed by atoms with Crippen molar-refractivity contribution in [3.05, 3.63) is 107 Å². The van der Waals surface area contributed by atoms with Crippen LogP contribution >= 0.6 is 23.2 Å². The number of aromatic nitrogens is 2. The lowest BCUT2D eigenvalue weighted by Gasteiger charge is -2.21. The van der Waals surface area contributed by atoms with E-state index in [9.17, 15) is 13.2 Å². The van der Waals surface area contributed by atoms with Crippen LogP contribution in [-0.2, 0) is 16.4 Å². The Labute approximate surface area is 218 Å². The summed E-state index contributed by atoms with van der Waals surface area (Å²) in [6, 6.07) is 19.4. The molecule has 0 saturated heterocycles. The quantitative estimate of drug-likeness (QED) is 0.319. The molecule has 1 unspecified atom stereocenters. The number of urea groups is 1. The van der Waals surface area contributed by atoms with Crippen LogP contribution in [-0.4, -0.2) is 31.1 Å². The van der Waals surface area contributed by atoms with Crippen molar-refractivity contribution in [1.29, 1.82) is 0 Å². The number of halogens is 2. The maximum absolute atomic E-state index is 12.9. The standard InChI is InChI=1S/C25H22Cl2N4O4S/c1-35-19-12-10-18(11-13-19)31-15-14-28-24(31)21(16-17-6-3-2-4-7-17)29-25(32)30-36(33,34)22-9-5-8-20(26)23(22)27/h2-15,21H,16H2,1H3,(H2,29,30,32). The van der Waals surface area contributed by atoms with E-state index in [4.69, 9.17) is 27.9 Å². The van der Waals surface area contributed by atoms with Gasteiger partial charge in [0.05, 0.1) is 23.2 Å². The lowest BCUT2D eigenvalue weighted by Crippen LogP contribution is -2.42. The first-order valence-corrected chi connectivity index (χ1v) is 13.0. The molecule has 3 aromatic carbocycles. The van der Waals surface area contributed by atoms with E-state index in [0.29, 0.717) is 18.0 Å². The molecule has 0 aliphatic heterocycles. The molecule has 0 spiro atoms. The van der Waals surface area contributed by atoms with Crippen LogP contribution in [0.1, 0.15) is 17.4 Å². The van der Waals surface area contributed by atoms with E-state index in [2.05, 4.69) is 10.3 Å². The number of nitrogens with one attached hydrogen (secondary N) is 2. The average molecular weight is 545 g/mol. The first kappa shape index (κ1) is 25.6. The summed E-state index contributed by atoms with van der Waals surface area (Å²) in [6.07, 6.45) is 3.73. The van der Waals surface area contributed by atoms with Crippen LogP contribution in [0.2, 0.25) is 10.0 Å². The van der Waals surface area contributed by atoms with Crippen molar-refractivity contribution in [2.24, 2.45) is 0 Å². The van der Waals surface area contributed by atoms with E-state index in [0.717, 1.165) is 11.3 Å². The molecule has 8 nitrogen and oxygen atoms in total. The summed E-state index contributed by atoms with van der Waals surface area (Å²) in [5.74, 6) is 1.21. The molecule has 0 fully saturated rings. The monoisotopic (exact) mass is 544 g/mol. The molecule has 0 saturated carbocycles. The normalized spacial score (nSPS) is 12.1. The molecule has 1 atom stereocenters. The number of hydrogen-bond donors (Lipinski definition) is 2. The van der Waals surface area contributed by atoms with Crippen molar-refractivity contribution in [3.63, 3.8) is 0 Å². The van der Waals surface area contributed by atoms with Crippen LogP contribution in [0.5, 0.6) is 5.75 Å². The number of benzene rings is 3. The number of amides is 2. The Morgan fingerprint density at radius 1 is 1.03 bits per heavy atom. The second-order valence-corrected chi connectivity index (χ2v) is 10.2. The van der Waals surface area contributed by atoms with Gasteiger partial charge in [0.15, 0.2) is 0 Å². The van der Waals surface area contributed by atoms with Gasteiger partial charge in [-0.05, 0) is 48.4 Å².